The highest BCUT2D eigenvalue weighted by Crippen LogP contribution is 2.33. The van der Waals surface area contributed by atoms with Crippen molar-refractivity contribution < 1.29 is 19.1 Å². The van der Waals surface area contributed by atoms with Gasteiger partial charge >= 0.3 is 5.97 Å². The molecule has 0 saturated carbocycles. The summed E-state index contributed by atoms with van der Waals surface area (Å²) < 4.78 is 10.1. The molecule has 1 atom stereocenters. The van der Waals surface area contributed by atoms with E-state index in [1.54, 1.807) is 0 Å². The van der Waals surface area contributed by atoms with E-state index in [1.165, 1.54) is 18.4 Å². The van der Waals surface area contributed by atoms with Gasteiger partial charge in [-0.2, -0.15) is 0 Å². The van der Waals surface area contributed by atoms with Crippen LogP contribution >= 0.6 is 11.3 Å². The summed E-state index contributed by atoms with van der Waals surface area (Å²) in [5, 5.41) is 3.33. The fourth-order valence-electron chi connectivity index (χ4n) is 2.04. The number of thiophene rings is 1. The number of carbonyl (C=O) groups is 2. The smallest absolute Gasteiger partial charge is 0.341 e. The van der Waals surface area contributed by atoms with Crippen LogP contribution in [0.3, 0.4) is 0 Å². The van der Waals surface area contributed by atoms with Crippen molar-refractivity contribution in [3.63, 3.8) is 0 Å². The second-order valence-electron chi connectivity index (χ2n) is 4.47. The molecule has 2 rings (SSSR count). The third-order valence-electron chi connectivity index (χ3n) is 3.23. The minimum absolute atomic E-state index is 0.191. The number of aryl methyl sites for hydroxylation is 1. The third kappa shape index (κ3) is 2.79. The van der Waals surface area contributed by atoms with Crippen molar-refractivity contribution in [3.8, 4) is 0 Å². The van der Waals surface area contributed by atoms with E-state index in [1.807, 2.05) is 13.8 Å². The summed E-state index contributed by atoms with van der Waals surface area (Å²) in [5.41, 5.74) is 1.29. The Bertz CT molecular complexity index is 503. The van der Waals surface area contributed by atoms with Crippen LogP contribution in [0.15, 0.2) is 0 Å². The van der Waals surface area contributed by atoms with Crippen molar-refractivity contribution >= 4 is 28.2 Å². The first kappa shape index (κ1) is 14.0. The maximum Gasteiger partial charge on any atom is 0.341 e. The highest BCUT2D eigenvalue weighted by Gasteiger charge is 2.27. The lowest BCUT2D eigenvalue weighted by Gasteiger charge is -2.10. The molecule has 1 N–H and O–H groups in total. The summed E-state index contributed by atoms with van der Waals surface area (Å²) in [5.74, 6) is -0.617. The minimum atomic E-state index is -0.426. The van der Waals surface area contributed by atoms with Crippen LogP contribution in [0, 0.1) is 13.8 Å². The molecule has 1 aromatic heterocycles. The zero-order valence-corrected chi connectivity index (χ0v) is 12.1. The molecule has 0 spiro atoms. The number of hydrogen-bond donors (Lipinski definition) is 1. The summed E-state index contributed by atoms with van der Waals surface area (Å²) in [6.45, 7) is 4.37. The molecule has 5 nitrogen and oxygen atoms in total. The summed E-state index contributed by atoms with van der Waals surface area (Å²) >= 11 is 1.38. The van der Waals surface area contributed by atoms with Gasteiger partial charge < -0.3 is 14.8 Å². The van der Waals surface area contributed by atoms with E-state index in [0.29, 0.717) is 17.2 Å². The SMILES string of the molecule is COC(=O)c1c(NC(=O)[C@@H]2CCCO2)sc(C)c1C. The molecule has 1 fully saturated rings. The molecule has 104 valence electrons. The molecule has 19 heavy (non-hydrogen) atoms. The molecule has 0 unspecified atom stereocenters. The van der Waals surface area contributed by atoms with Crippen LogP contribution in [0.5, 0.6) is 0 Å². The maximum absolute atomic E-state index is 12.0. The topological polar surface area (TPSA) is 64.6 Å². The van der Waals surface area contributed by atoms with Gasteiger partial charge in [-0.05, 0) is 32.3 Å². The van der Waals surface area contributed by atoms with Crippen LogP contribution < -0.4 is 5.32 Å². The summed E-state index contributed by atoms with van der Waals surface area (Å²) in [6.07, 6.45) is 1.21. The maximum atomic E-state index is 12.0. The Kier molecular flexibility index (Phi) is 4.21. The van der Waals surface area contributed by atoms with Crippen molar-refractivity contribution in [2.24, 2.45) is 0 Å². The fraction of sp³-hybridized carbons (Fsp3) is 0.538. The molecule has 1 aliphatic heterocycles. The largest absolute Gasteiger partial charge is 0.465 e. The predicted octanol–water partition coefficient (Wildman–Crippen LogP) is 2.27. The van der Waals surface area contributed by atoms with E-state index in [2.05, 4.69) is 5.32 Å². The fourth-order valence-corrected chi connectivity index (χ4v) is 3.09. The van der Waals surface area contributed by atoms with Gasteiger partial charge in [0.25, 0.3) is 5.91 Å². The van der Waals surface area contributed by atoms with E-state index in [9.17, 15) is 9.59 Å². The molecule has 1 aliphatic rings. The molecule has 2 heterocycles. The van der Waals surface area contributed by atoms with Crippen molar-refractivity contribution in [1.29, 1.82) is 0 Å². The van der Waals surface area contributed by atoms with Crippen LogP contribution in [-0.2, 0) is 14.3 Å². The van der Waals surface area contributed by atoms with Crippen LogP contribution in [0.25, 0.3) is 0 Å². The Morgan fingerprint density at radius 1 is 1.42 bits per heavy atom. The van der Waals surface area contributed by atoms with Gasteiger partial charge in [-0.25, -0.2) is 4.79 Å². The molecule has 0 aromatic carbocycles. The van der Waals surface area contributed by atoms with Gasteiger partial charge in [-0.3, -0.25) is 4.79 Å². The second kappa shape index (κ2) is 5.71. The standard InChI is InChI=1S/C13H17NO4S/c1-7-8(2)19-12(10(7)13(16)17-3)14-11(15)9-5-4-6-18-9/h9H,4-6H2,1-3H3,(H,14,15)/t9-/m0/s1. The van der Waals surface area contributed by atoms with E-state index in [4.69, 9.17) is 9.47 Å². The molecule has 0 aliphatic carbocycles. The summed E-state index contributed by atoms with van der Waals surface area (Å²) in [4.78, 5) is 24.8. The molecule has 1 saturated heterocycles. The molecule has 0 bridgehead atoms. The normalized spacial score (nSPS) is 18.4. The van der Waals surface area contributed by atoms with Gasteiger partial charge in [-0.1, -0.05) is 0 Å². The minimum Gasteiger partial charge on any atom is -0.465 e. The second-order valence-corrected chi connectivity index (χ2v) is 5.69. The Balaban J connectivity index is 2.22. The predicted molar refractivity (Wildman–Crippen MR) is 72.7 cm³/mol. The zero-order valence-electron chi connectivity index (χ0n) is 11.2. The van der Waals surface area contributed by atoms with Gasteiger partial charge in [0.2, 0.25) is 0 Å². The first-order valence-electron chi connectivity index (χ1n) is 6.15. The number of esters is 1. The summed E-state index contributed by atoms with van der Waals surface area (Å²) in [7, 11) is 1.33. The Labute approximate surface area is 115 Å². The van der Waals surface area contributed by atoms with Gasteiger partial charge in [-0.15, -0.1) is 11.3 Å². The van der Waals surface area contributed by atoms with Gasteiger partial charge in [0.15, 0.2) is 0 Å². The molecular weight excluding hydrogens is 266 g/mol. The number of carbonyl (C=O) groups excluding carboxylic acids is 2. The number of anilines is 1. The third-order valence-corrected chi connectivity index (χ3v) is 4.36. The van der Waals surface area contributed by atoms with Crippen LogP contribution in [-0.4, -0.2) is 31.7 Å². The average molecular weight is 283 g/mol. The number of hydrogen-bond acceptors (Lipinski definition) is 5. The highest BCUT2D eigenvalue weighted by atomic mass is 32.1. The molecule has 1 aromatic rings. The molecule has 0 radical (unpaired) electrons. The quantitative estimate of drug-likeness (QED) is 0.864. The van der Waals surface area contributed by atoms with Crippen molar-refractivity contribution in [3.05, 3.63) is 16.0 Å². The van der Waals surface area contributed by atoms with E-state index < -0.39 is 12.1 Å². The number of rotatable bonds is 3. The summed E-state index contributed by atoms with van der Waals surface area (Å²) in [6, 6.07) is 0. The average Bonchev–Trinajstić information content (AvgIpc) is 2.99. The molecule has 6 heteroatoms. The number of ether oxygens (including phenoxy) is 2. The highest BCUT2D eigenvalue weighted by molar-refractivity contribution is 7.16. The number of methoxy groups -OCH3 is 1. The van der Waals surface area contributed by atoms with E-state index >= 15 is 0 Å². The lowest BCUT2D eigenvalue weighted by atomic mass is 10.1. The van der Waals surface area contributed by atoms with Crippen molar-refractivity contribution in [2.45, 2.75) is 32.8 Å². The van der Waals surface area contributed by atoms with Crippen LogP contribution in [0.2, 0.25) is 0 Å². The monoisotopic (exact) mass is 283 g/mol. The first-order valence-corrected chi connectivity index (χ1v) is 6.97. The Morgan fingerprint density at radius 3 is 2.74 bits per heavy atom. The van der Waals surface area contributed by atoms with E-state index in [-0.39, 0.29) is 5.91 Å². The zero-order chi connectivity index (χ0) is 14.0. The number of nitrogens with one attached hydrogen (secondary N) is 1. The van der Waals surface area contributed by atoms with Gasteiger partial charge in [0, 0.05) is 11.5 Å². The van der Waals surface area contributed by atoms with Crippen molar-refractivity contribution in [2.75, 3.05) is 19.0 Å². The van der Waals surface area contributed by atoms with Gasteiger partial charge in [0.05, 0.1) is 12.7 Å². The molecule has 1 amide bonds. The van der Waals surface area contributed by atoms with E-state index in [0.717, 1.165) is 23.3 Å². The van der Waals surface area contributed by atoms with Crippen LogP contribution in [0.1, 0.15) is 33.6 Å². The Morgan fingerprint density at radius 2 is 2.16 bits per heavy atom. The number of amides is 1. The first-order chi connectivity index (χ1) is 9.04. The van der Waals surface area contributed by atoms with Gasteiger partial charge in [0.1, 0.15) is 11.1 Å². The lowest BCUT2D eigenvalue weighted by molar-refractivity contribution is -0.124. The molecular formula is C13H17NO4S. The lowest BCUT2D eigenvalue weighted by Crippen LogP contribution is -2.27. The van der Waals surface area contributed by atoms with Crippen molar-refractivity contribution in [1.82, 2.24) is 0 Å². The van der Waals surface area contributed by atoms with Crippen LogP contribution in [0.4, 0.5) is 5.00 Å². The Hall–Kier alpha value is -1.40.